The first-order valence-electron chi connectivity index (χ1n) is 8.03. The number of halogens is 2. The maximum atomic E-state index is 13.4. The van der Waals surface area contributed by atoms with E-state index in [1.807, 2.05) is 19.9 Å². The second kappa shape index (κ2) is 7.32. The highest BCUT2D eigenvalue weighted by Crippen LogP contribution is 2.26. The highest BCUT2D eigenvalue weighted by Gasteiger charge is 2.20. The predicted octanol–water partition coefficient (Wildman–Crippen LogP) is 4.52. The van der Waals surface area contributed by atoms with Crippen LogP contribution in [0.5, 0.6) is 0 Å². The van der Waals surface area contributed by atoms with Crippen LogP contribution in [0.2, 0.25) is 0 Å². The van der Waals surface area contributed by atoms with Crippen LogP contribution in [0.15, 0.2) is 59.6 Å². The van der Waals surface area contributed by atoms with E-state index in [2.05, 4.69) is 15.0 Å². The zero-order valence-electron chi connectivity index (χ0n) is 14.6. The Morgan fingerprint density at radius 2 is 1.63 bits per heavy atom. The molecule has 2 N–H and O–H groups in total. The van der Waals surface area contributed by atoms with Gasteiger partial charge in [0.15, 0.2) is 17.5 Å². The molecule has 3 aromatic rings. The zero-order valence-corrected chi connectivity index (χ0v) is 15.4. The second-order valence-corrected chi connectivity index (χ2v) is 7.66. The summed E-state index contributed by atoms with van der Waals surface area (Å²) in [5.74, 6) is -2.04. The van der Waals surface area contributed by atoms with Crippen molar-refractivity contribution in [3.8, 4) is 0 Å². The van der Waals surface area contributed by atoms with Gasteiger partial charge in [-0.15, -0.1) is 0 Å². The van der Waals surface area contributed by atoms with Gasteiger partial charge in [0.2, 0.25) is 0 Å². The van der Waals surface area contributed by atoms with Crippen molar-refractivity contribution in [2.24, 2.45) is 0 Å². The van der Waals surface area contributed by atoms with Crippen LogP contribution >= 0.6 is 0 Å². The van der Waals surface area contributed by atoms with Gasteiger partial charge in [-0.25, -0.2) is 22.2 Å². The lowest BCUT2D eigenvalue weighted by atomic mass is 10.1. The van der Waals surface area contributed by atoms with Gasteiger partial charge < -0.3 is 5.32 Å². The molecule has 1 heterocycles. The van der Waals surface area contributed by atoms with Gasteiger partial charge in [0.1, 0.15) is 4.90 Å². The van der Waals surface area contributed by atoms with E-state index in [1.165, 1.54) is 24.4 Å². The van der Waals surface area contributed by atoms with Gasteiger partial charge in [0.25, 0.3) is 10.0 Å². The summed E-state index contributed by atoms with van der Waals surface area (Å²) in [5, 5.41) is 2.72. The Hall–Kier alpha value is -3.00. The Kier molecular flexibility index (Phi) is 5.09. The third-order valence-corrected chi connectivity index (χ3v) is 5.41. The molecule has 0 saturated heterocycles. The van der Waals surface area contributed by atoms with Crippen LogP contribution in [0.1, 0.15) is 11.1 Å². The summed E-state index contributed by atoms with van der Waals surface area (Å²) in [6.07, 6.45) is 1.40. The molecule has 0 aliphatic rings. The van der Waals surface area contributed by atoms with Crippen LogP contribution in [0.25, 0.3) is 0 Å². The average Bonchev–Trinajstić information content (AvgIpc) is 2.61. The summed E-state index contributed by atoms with van der Waals surface area (Å²) in [6.45, 7) is 3.81. The number of pyridine rings is 1. The van der Waals surface area contributed by atoms with Gasteiger partial charge in [0.05, 0.1) is 0 Å². The molecule has 0 amide bonds. The molecule has 5 nitrogen and oxygen atoms in total. The Balaban J connectivity index is 1.93. The van der Waals surface area contributed by atoms with Crippen LogP contribution in [0.3, 0.4) is 0 Å². The van der Waals surface area contributed by atoms with Crippen molar-refractivity contribution < 1.29 is 17.2 Å². The third kappa shape index (κ3) is 4.22. The zero-order chi connectivity index (χ0) is 19.6. The van der Waals surface area contributed by atoms with E-state index in [1.54, 1.807) is 12.1 Å². The molecular formula is C19H17F2N3O2S. The average molecular weight is 389 g/mol. The van der Waals surface area contributed by atoms with Crippen molar-refractivity contribution in [3.05, 3.63) is 77.5 Å². The van der Waals surface area contributed by atoms with Gasteiger partial charge in [0, 0.05) is 23.6 Å². The smallest absolute Gasteiger partial charge is 0.265 e. The fourth-order valence-corrected chi connectivity index (χ4v) is 3.59. The number of sulfonamides is 1. The molecule has 0 saturated carbocycles. The Bertz CT molecular complexity index is 1100. The van der Waals surface area contributed by atoms with Crippen molar-refractivity contribution >= 4 is 27.2 Å². The largest absolute Gasteiger partial charge is 0.339 e. The molecule has 8 heteroatoms. The topological polar surface area (TPSA) is 71.1 Å². The van der Waals surface area contributed by atoms with Crippen molar-refractivity contribution in [3.63, 3.8) is 0 Å². The van der Waals surface area contributed by atoms with Crippen LogP contribution in [0, 0.1) is 25.5 Å². The lowest BCUT2D eigenvalue weighted by molar-refractivity contribution is 0.509. The summed E-state index contributed by atoms with van der Waals surface area (Å²) in [5.41, 5.74) is 2.58. The van der Waals surface area contributed by atoms with E-state index in [4.69, 9.17) is 0 Å². The maximum absolute atomic E-state index is 13.4. The Morgan fingerprint density at radius 1 is 0.889 bits per heavy atom. The monoisotopic (exact) mass is 389 g/mol. The summed E-state index contributed by atoms with van der Waals surface area (Å²) in [7, 11) is -3.95. The van der Waals surface area contributed by atoms with Crippen LogP contribution in [-0.2, 0) is 10.0 Å². The Labute approximate surface area is 156 Å². The number of nitrogens with one attached hydrogen (secondary N) is 2. The molecule has 0 fully saturated rings. The number of nitrogens with zero attached hydrogens (tertiary/aromatic N) is 1. The number of aromatic nitrogens is 1. The highest BCUT2D eigenvalue weighted by atomic mass is 32.2. The van der Waals surface area contributed by atoms with Gasteiger partial charge in [-0.05, 0) is 61.4 Å². The number of aryl methyl sites for hydroxylation is 2. The number of benzene rings is 2. The van der Waals surface area contributed by atoms with E-state index in [9.17, 15) is 17.2 Å². The normalized spacial score (nSPS) is 11.3. The van der Waals surface area contributed by atoms with E-state index < -0.39 is 21.7 Å². The number of hydrogen-bond acceptors (Lipinski definition) is 4. The minimum atomic E-state index is -3.95. The third-order valence-electron chi connectivity index (χ3n) is 4.00. The molecule has 0 unspecified atom stereocenters. The fourth-order valence-electron chi connectivity index (χ4n) is 2.43. The molecule has 0 radical (unpaired) electrons. The second-order valence-electron chi connectivity index (χ2n) is 6.01. The number of anilines is 3. The number of hydrogen-bond donors (Lipinski definition) is 2. The molecule has 2 aromatic carbocycles. The first kappa shape index (κ1) is 18.8. The van der Waals surface area contributed by atoms with Crippen molar-refractivity contribution in [2.75, 3.05) is 10.0 Å². The summed E-state index contributed by atoms with van der Waals surface area (Å²) in [4.78, 5) is 3.90. The van der Waals surface area contributed by atoms with Crippen LogP contribution in [0.4, 0.5) is 26.0 Å². The van der Waals surface area contributed by atoms with Crippen molar-refractivity contribution in [1.82, 2.24) is 4.98 Å². The summed E-state index contributed by atoms with van der Waals surface area (Å²) >= 11 is 0. The molecular weight excluding hydrogens is 372 g/mol. The minimum Gasteiger partial charge on any atom is -0.339 e. The van der Waals surface area contributed by atoms with Crippen molar-refractivity contribution in [1.29, 1.82) is 0 Å². The van der Waals surface area contributed by atoms with Gasteiger partial charge in [-0.2, -0.15) is 0 Å². The molecule has 0 atom stereocenters. The standard InChI is InChI=1S/C19H17F2N3O2S/c1-12-5-6-15(10-13(12)2)24-27(25,26)18-4-3-9-22-19(18)23-14-7-8-16(20)17(21)11-14/h3-11,24H,1-2H3,(H,22,23). The molecule has 0 aliphatic carbocycles. The van der Waals surface area contributed by atoms with Gasteiger partial charge in [-0.1, -0.05) is 6.07 Å². The van der Waals surface area contributed by atoms with Crippen LogP contribution in [-0.4, -0.2) is 13.4 Å². The van der Waals surface area contributed by atoms with Crippen LogP contribution < -0.4 is 10.0 Å². The summed E-state index contributed by atoms with van der Waals surface area (Å²) < 4.78 is 54.6. The quantitative estimate of drug-likeness (QED) is 0.673. The lowest BCUT2D eigenvalue weighted by Gasteiger charge is -2.14. The molecule has 0 spiro atoms. The van der Waals surface area contributed by atoms with E-state index in [-0.39, 0.29) is 16.4 Å². The molecule has 1 aromatic heterocycles. The summed E-state index contributed by atoms with van der Waals surface area (Å²) in [6, 6.07) is 11.2. The minimum absolute atomic E-state index is 0.000146. The number of rotatable bonds is 5. The lowest BCUT2D eigenvalue weighted by Crippen LogP contribution is -2.15. The molecule has 0 bridgehead atoms. The molecule has 140 valence electrons. The molecule has 3 rings (SSSR count). The Morgan fingerprint density at radius 3 is 2.33 bits per heavy atom. The predicted molar refractivity (Wildman–Crippen MR) is 101 cm³/mol. The van der Waals surface area contributed by atoms with Crippen molar-refractivity contribution in [2.45, 2.75) is 18.7 Å². The first-order chi connectivity index (χ1) is 12.8. The van der Waals surface area contributed by atoms with E-state index in [0.717, 1.165) is 23.3 Å². The SMILES string of the molecule is Cc1ccc(NS(=O)(=O)c2cccnc2Nc2ccc(F)c(F)c2)cc1C. The molecule has 0 aliphatic heterocycles. The maximum Gasteiger partial charge on any atom is 0.265 e. The first-order valence-corrected chi connectivity index (χ1v) is 9.52. The van der Waals surface area contributed by atoms with E-state index in [0.29, 0.717) is 5.69 Å². The highest BCUT2D eigenvalue weighted by molar-refractivity contribution is 7.92. The molecule has 27 heavy (non-hydrogen) atoms. The van der Waals surface area contributed by atoms with E-state index >= 15 is 0 Å². The van der Waals surface area contributed by atoms with Gasteiger partial charge in [-0.3, -0.25) is 4.72 Å². The van der Waals surface area contributed by atoms with Gasteiger partial charge >= 0.3 is 0 Å². The fraction of sp³-hybridized carbons (Fsp3) is 0.105.